The van der Waals surface area contributed by atoms with Gasteiger partial charge in [-0.2, -0.15) is 4.98 Å². The normalized spacial score (nSPS) is 16.1. The van der Waals surface area contributed by atoms with Gasteiger partial charge in [-0.25, -0.2) is 14.6 Å². The average molecular weight is 433 g/mol. The smallest absolute Gasteiger partial charge is 0.410 e. The summed E-state index contributed by atoms with van der Waals surface area (Å²) in [6.07, 6.45) is 2.66. The highest BCUT2D eigenvalue weighted by Crippen LogP contribution is 2.25. The monoisotopic (exact) mass is 432 g/mol. The minimum atomic E-state index is -0.508. The van der Waals surface area contributed by atoms with Crippen molar-refractivity contribution in [2.75, 3.05) is 31.6 Å². The number of likely N-dealkylation sites (tertiary alicyclic amines) is 1. The van der Waals surface area contributed by atoms with Crippen LogP contribution in [0.3, 0.4) is 0 Å². The SMILES string of the molecule is CCOC(=O)c1cnc(Cl)nc1N(C)C1CCCN(C(=O)OCc2ccccc2)C1. The molecule has 0 spiro atoms. The second-order valence-electron chi connectivity index (χ2n) is 6.99. The molecule has 3 rings (SSSR count). The molecule has 1 saturated heterocycles. The van der Waals surface area contributed by atoms with E-state index in [0.29, 0.717) is 18.9 Å². The number of esters is 1. The maximum atomic E-state index is 12.6. The minimum Gasteiger partial charge on any atom is -0.462 e. The zero-order chi connectivity index (χ0) is 21.5. The fourth-order valence-corrected chi connectivity index (χ4v) is 3.52. The zero-order valence-electron chi connectivity index (χ0n) is 17.1. The summed E-state index contributed by atoms with van der Waals surface area (Å²) < 4.78 is 10.6. The van der Waals surface area contributed by atoms with Gasteiger partial charge in [-0.15, -0.1) is 0 Å². The molecule has 1 amide bonds. The number of carbonyl (C=O) groups excluding carboxylic acids is 2. The van der Waals surface area contributed by atoms with Crippen molar-refractivity contribution in [2.24, 2.45) is 0 Å². The summed E-state index contributed by atoms with van der Waals surface area (Å²) in [5.41, 5.74) is 1.18. The van der Waals surface area contributed by atoms with Gasteiger partial charge in [0, 0.05) is 32.4 Å². The van der Waals surface area contributed by atoms with E-state index < -0.39 is 5.97 Å². The van der Waals surface area contributed by atoms with Crippen LogP contribution >= 0.6 is 11.6 Å². The van der Waals surface area contributed by atoms with E-state index in [0.717, 1.165) is 18.4 Å². The van der Waals surface area contributed by atoms with E-state index in [1.165, 1.54) is 6.20 Å². The van der Waals surface area contributed by atoms with Crippen LogP contribution in [0.1, 0.15) is 35.7 Å². The molecule has 1 aromatic carbocycles. The maximum Gasteiger partial charge on any atom is 0.410 e. The van der Waals surface area contributed by atoms with Crippen LogP contribution in [0.4, 0.5) is 10.6 Å². The Morgan fingerprint density at radius 1 is 1.27 bits per heavy atom. The van der Waals surface area contributed by atoms with Crippen LogP contribution in [0.15, 0.2) is 36.5 Å². The Hall–Kier alpha value is -2.87. The number of piperidine rings is 1. The molecule has 160 valence electrons. The summed E-state index contributed by atoms with van der Waals surface area (Å²) in [5, 5.41) is 0.0415. The fourth-order valence-electron chi connectivity index (χ4n) is 3.39. The summed E-state index contributed by atoms with van der Waals surface area (Å²) in [4.78, 5) is 36.5. The molecule has 1 aromatic heterocycles. The first-order chi connectivity index (χ1) is 14.5. The van der Waals surface area contributed by atoms with E-state index in [-0.39, 0.29) is 36.2 Å². The largest absolute Gasteiger partial charge is 0.462 e. The Balaban J connectivity index is 1.68. The lowest BCUT2D eigenvalue weighted by molar-refractivity contribution is 0.0525. The second kappa shape index (κ2) is 10.2. The summed E-state index contributed by atoms with van der Waals surface area (Å²) >= 11 is 5.97. The molecule has 0 radical (unpaired) electrons. The molecule has 30 heavy (non-hydrogen) atoms. The van der Waals surface area contributed by atoms with Crippen molar-refractivity contribution in [2.45, 2.75) is 32.4 Å². The summed E-state index contributed by atoms with van der Waals surface area (Å²) in [5.74, 6) is -0.121. The molecular formula is C21H25ClN4O4. The topological polar surface area (TPSA) is 84.9 Å². The third-order valence-corrected chi connectivity index (χ3v) is 5.16. The van der Waals surface area contributed by atoms with E-state index in [9.17, 15) is 9.59 Å². The number of benzene rings is 1. The van der Waals surface area contributed by atoms with Gasteiger partial charge in [-0.05, 0) is 36.9 Å². The number of likely N-dealkylation sites (N-methyl/N-ethyl adjacent to an activating group) is 1. The van der Waals surface area contributed by atoms with Gasteiger partial charge >= 0.3 is 12.1 Å². The number of hydrogen-bond donors (Lipinski definition) is 0. The van der Waals surface area contributed by atoms with Crippen molar-refractivity contribution in [3.63, 3.8) is 0 Å². The van der Waals surface area contributed by atoms with Gasteiger partial charge in [-0.3, -0.25) is 0 Å². The highest BCUT2D eigenvalue weighted by molar-refractivity contribution is 6.28. The van der Waals surface area contributed by atoms with Crippen molar-refractivity contribution in [1.29, 1.82) is 0 Å². The molecule has 0 N–H and O–H groups in total. The van der Waals surface area contributed by atoms with Crippen LogP contribution in [0.5, 0.6) is 0 Å². The number of rotatable bonds is 6. The van der Waals surface area contributed by atoms with Crippen molar-refractivity contribution < 1.29 is 19.1 Å². The number of ether oxygens (including phenoxy) is 2. The van der Waals surface area contributed by atoms with Gasteiger partial charge in [0.15, 0.2) is 0 Å². The van der Waals surface area contributed by atoms with Crippen molar-refractivity contribution >= 4 is 29.5 Å². The summed E-state index contributed by atoms with van der Waals surface area (Å²) in [7, 11) is 1.82. The van der Waals surface area contributed by atoms with Crippen molar-refractivity contribution in [3.8, 4) is 0 Å². The fraction of sp³-hybridized carbons (Fsp3) is 0.429. The third kappa shape index (κ3) is 5.38. The Morgan fingerprint density at radius 2 is 2.03 bits per heavy atom. The van der Waals surface area contributed by atoms with Gasteiger partial charge in [-0.1, -0.05) is 30.3 Å². The Kier molecular flexibility index (Phi) is 7.46. The van der Waals surface area contributed by atoms with E-state index in [2.05, 4.69) is 9.97 Å². The maximum absolute atomic E-state index is 12.6. The molecule has 1 unspecified atom stereocenters. The molecule has 1 aliphatic rings. The standard InChI is InChI=1S/C21H25ClN4O4/c1-3-29-19(27)17-12-23-20(22)24-18(17)25(2)16-10-7-11-26(13-16)21(28)30-14-15-8-5-4-6-9-15/h4-6,8-9,12,16H,3,7,10-11,13-14H2,1-2H3. The number of anilines is 1. The first-order valence-electron chi connectivity index (χ1n) is 9.87. The zero-order valence-corrected chi connectivity index (χ0v) is 17.8. The predicted octanol–water partition coefficient (Wildman–Crippen LogP) is 3.54. The number of amides is 1. The van der Waals surface area contributed by atoms with Gasteiger partial charge in [0.1, 0.15) is 18.0 Å². The number of carbonyl (C=O) groups is 2. The number of hydrogen-bond acceptors (Lipinski definition) is 7. The molecule has 9 heteroatoms. The lowest BCUT2D eigenvalue weighted by Gasteiger charge is -2.38. The van der Waals surface area contributed by atoms with Crippen LogP contribution in [0.2, 0.25) is 5.28 Å². The van der Waals surface area contributed by atoms with Crippen LogP contribution in [0.25, 0.3) is 0 Å². The Bertz CT molecular complexity index is 881. The van der Waals surface area contributed by atoms with Gasteiger partial charge in [0.05, 0.1) is 6.61 Å². The molecule has 2 aromatic rings. The lowest BCUT2D eigenvalue weighted by atomic mass is 10.0. The molecular weight excluding hydrogens is 408 g/mol. The van der Waals surface area contributed by atoms with E-state index >= 15 is 0 Å². The summed E-state index contributed by atoms with van der Waals surface area (Å²) in [6, 6.07) is 9.50. The van der Waals surface area contributed by atoms with E-state index in [1.54, 1.807) is 11.8 Å². The first-order valence-corrected chi connectivity index (χ1v) is 10.3. The van der Waals surface area contributed by atoms with Gasteiger partial charge in [0.2, 0.25) is 5.28 Å². The van der Waals surface area contributed by atoms with Crippen molar-refractivity contribution in [1.82, 2.24) is 14.9 Å². The van der Waals surface area contributed by atoms with E-state index in [4.69, 9.17) is 21.1 Å². The molecule has 1 aliphatic heterocycles. The molecule has 2 heterocycles. The second-order valence-corrected chi connectivity index (χ2v) is 7.33. The Morgan fingerprint density at radius 3 is 2.77 bits per heavy atom. The van der Waals surface area contributed by atoms with Crippen LogP contribution < -0.4 is 4.90 Å². The molecule has 0 aliphatic carbocycles. The molecule has 1 fully saturated rings. The third-order valence-electron chi connectivity index (χ3n) is 4.98. The van der Waals surface area contributed by atoms with Crippen LogP contribution in [-0.2, 0) is 16.1 Å². The highest BCUT2D eigenvalue weighted by atomic mass is 35.5. The number of aromatic nitrogens is 2. The minimum absolute atomic E-state index is 0.0415. The average Bonchev–Trinajstić information content (AvgIpc) is 2.77. The molecule has 8 nitrogen and oxygen atoms in total. The van der Waals surface area contributed by atoms with E-state index in [1.807, 2.05) is 42.3 Å². The molecule has 0 bridgehead atoms. The highest BCUT2D eigenvalue weighted by Gasteiger charge is 2.30. The number of nitrogens with zero attached hydrogens (tertiary/aromatic N) is 4. The number of halogens is 1. The van der Waals surface area contributed by atoms with Crippen molar-refractivity contribution in [3.05, 3.63) is 52.9 Å². The predicted molar refractivity (Wildman–Crippen MR) is 113 cm³/mol. The summed E-state index contributed by atoms with van der Waals surface area (Å²) in [6.45, 7) is 3.28. The lowest BCUT2D eigenvalue weighted by Crippen LogP contribution is -2.49. The van der Waals surface area contributed by atoms with Crippen LogP contribution in [0, 0.1) is 0 Å². The quantitative estimate of drug-likeness (QED) is 0.509. The van der Waals surface area contributed by atoms with Crippen LogP contribution in [-0.4, -0.2) is 59.7 Å². The first kappa shape index (κ1) is 21.8. The van der Waals surface area contributed by atoms with Gasteiger partial charge in [0.25, 0.3) is 0 Å². The Labute approximate surface area is 180 Å². The molecule has 1 atom stereocenters. The van der Waals surface area contributed by atoms with Gasteiger partial charge < -0.3 is 19.3 Å². The molecule has 0 saturated carbocycles.